The van der Waals surface area contributed by atoms with Crippen LogP contribution in [0.15, 0.2) is 68.4 Å². The standard InChI is InChI=1S/2C10H10N2OS.Cu/c2*1-6(13)4-10-12-8-3-2-7(11)5-9(8)14-10;/h2*2-5H,11H2,1H3,(H,12,13);/q;;+2/p-2. The first-order valence-corrected chi connectivity index (χ1v) is 9.96. The van der Waals surface area contributed by atoms with Crippen molar-refractivity contribution in [2.45, 2.75) is 23.6 Å². The molecule has 4 rings (SSSR count). The SMILES string of the molecule is CC(=O)/C=C1\[N-]c2ccc(N)cc2S1.CC(=O)/C=C1\[N-]c2ccc(N)cc2S1.[Cu+2]. The van der Waals surface area contributed by atoms with Crippen molar-refractivity contribution in [3.05, 3.63) is 69.2 Å². The summed E-state index contributed by atoms with van der Waals surface area (Å²) in [6, 6.07) is 11.1. The van der Waals surface area contributed by atoms with E-state index >= 15 is 0 Å². The first-order chi connectivity index (χ1) is 13.3. The molecule has 0 unspecified atom stereocenters. The maximum Gasteiger partial charge on any atom is 2.00 e. The third-order valence-electron chi connectivity index (χ3n) is 3.51. The third kappa shape index (κ3) is 6.33. The monoisotopic (exact) mass is 473 g/mol. The summed E-state index contributed by atoms with van der Waals surface area (Å²) in [6.45, 7) is 3.03. The second-order valence-electron chi connectivity index (χ2n) is 6.07. The van der Waals surface area contributed by atoms with Crippen molar-refractivity contribution >= 4 is 57.8 Å². The van der Waals surface area contributed by atoms with Crippen molar-refractivity contribution in [2.24, 2.45) is 0 Å². The number of hydrogen-bond acceptors (Lipinski definition) is 6. The minimum Gasteiger partial charge on any atom is -0.651 e. The molecule has 0 aliphatic carbocycles. The number of benzene rings is 2. The van der Waals surface area contributed by atoms with Gasteiger partial charge in [0.2, 0.25) is 0 Å². The second kappa shape index (κ2) is 9.93. The van der Waals surface area contributed by atoms with Crippen LogP contribution in [-0.4, -0.2) is 11.6 Å². The smallest absolute Gasteiger partial charge is 0.651 e. The normalized spacial score (nSPS) is 15.9. The number of carbonyl (C=O) groups excluding carboxylic acids is 2. The summed E-state index contributed by atoms with van der Waals surface area (Å²) in [4.78, 5) is 23.7. The third-order valence-corrected chi connectivity index (χ3v) is 5.44. The Hall–Kier alpha value is -2.32. The number of allylic oxidation sites excluding steroid dienone is 2. The van der Waals surface area contributed by atoms with Crippen LogP contribution >= 0.6 is 23.5 Å². The second-order valence-corrected chi connectivity index (χ2v) is 8.19. The van der Waals surface area contributed by atoms with Crippen LogP contribution in [0.1, 0.15) is 13.8 Å². The van der Waals surface area contributed by atoms with E-state index in [9.17, 15) is 9.59 Å². The molecule has 2 aliphatic rings. The number of carbonyl (C=O) groups is 2. The molecule has 6 nitrogen and oxygen atoms in total. The summed E-state index contributed by atoms with van der Waals surface area (Å²) in [6.07, 6.45) is 3.06. The van der Waals surface area contributed by atoms with Gasteiger partial charge in [0, 0.05) is 11.4 Å². The first-order valence-electron chi connectivity index (χ1n) is 8.33. The van der Waals surface area contributed by atoms with Gasteiger partial charge < -0.3 is 22.1 Å². The van der Waals surface area contributed by atoms with Gasteiger partial charge in [-0.15, -0.1) is 34.9 Å². The average molecular weight is 474 g/mol. The molecule has 0 amide bonds. The molecule has 9 heteroatoms. The summed E-state index contributed by atoms with van der Waals surface area (Å²) >= 11 is 2.94. The van der Waals surface area contributed by atoms with E-state index in [2.05, 4.69) is 10.6 Å². The fraction of sp³-hybridized carbons (Fsp3) is 0.100. The van der Waals surface area contributed by atoms with Crippen LogP contribution in [0.2, 0.25) is 0 Å². The fourth-order valence-electron chi connectivity index (χ4n) is 2.39. The van der Waals surface area contributed by atoms with Gasteiger partial charge in [-0.05, 0) is 60.1 Å². The Morgan fingerprint density at radius 3 is 1.52 bits per heavy atom. The van der Waals surface area contributed by atoms with Gasteiger partial charge in [-0.2, -0.15) is 0 Å². The Morgan fingerprint density at radius 1 is 0.793 bits per heavy atom. The fourth-order valence-corrected chi connectivity index (χ4v) is 4.40. The Bertz CT molecular complexity index is 940. The van der Waals surface area contributed by atoms with Crippen molar-refractivity contribution < 1.29 is 26.7 Å². The summed E-state index contributed by atoms with van der Waals surface area (Å²) < 4.78 is 0. The minimum atomic E-state index is 0. The van der Waals surface area contributed by atoms with Gasteiger partial charge in [0.05, 0.1) is 0 Å². The van der Waals surface area contributed by atoms with Crippen LogP contribution in [0.5, 0.6) is 0 Å². The minimum absolute atomic E-state index is 0. The molecular formula is C20H18CuN4O2S2. The van der Waals surface area contributed by atoms with Gasteiger partial charge in [0.25, 0.3) is 0 Å². The van der Waals surface area contributed by atoms with Gasteiger partial charge in [0.1, 0.15) is 0 Å². The first kappa shape index (κ1) is 23.0. The van der Waals surface area contributed by atoms with E-state index < -0.39 is 0 Å². The molecule has 0 aromatic heterocycles. The van der Waals surface area contributed by atoms with Crippen molar-refractivity contribution in [3.8, 4) is 0 Å². The summed E-state index contributed by atoms with van der Waals surface area (Å²) in [5.74, 6) is 0.0223. The molecule has 0 bridgehead atoms. The summed E-state index contributed by atoms with van der Waals surface area (Å²) in [7, 11) is 0. The van der Waals surface area contributed by atoms with Crippen molar-refractivity contribution in [3.63, 3.8) is 0 Å². The molecule has 29 heavy (non-hydrogen) atoms. The van der Waals surface area contributed by atoms with E-state index in [0.717, 1.165) is 42.6 Å². The van der Waals surface area contributed by atoms with Gasteiger partial charge in [-0.25, -0.2) is 0 Å². The van der Waals surface area contributed by atoms with Gasteiger partial charge in [-0.1, -0.05) is 22.2 Å². The molecule has 0 spiro atoms. The summed E-state index contributed by atoms with van der Waals surface area (Å²) in [5, 5.41) is 10.0. The Morgan fingerprint density at radius 2 is 1.17 bits per heavy atom. The van der Waals surface area contributed by atoms with Crippen LogP contribution in [0.4, 0.5) is 22.7 Å². The van der Waals surface area contributed by atoms with E-state index in [1.165, 1.54) is 49.5 Å². The zero-order chi connectivity index (χ0) is 20.3. The molecule has 1 radical (unpaired) electrons. The molecule has 0 atom stereocenters. The molecule has 2 aromatic rings. The number of thioether (sulfide) groups is 2. The van der Waals surface area contributed by atoms with Crippen molar-refractivity contribution in [1.29, 1.82) is 0 Å². The number of ketones is 2. The number of hydrogen-bond donors (Lipinski definition) is 2. The molecule has 2 aliphatic heterocycles. The van der Waals surface area contributed by atoms with E-state index in [0.29, 0.717) is 0 Å². The van der Waals surface area contributed by atoms with Crippen LogP contribution in [-0.2, 0) is 26.7 Å². The van der Waals surface area contributed by atoms with Crippen LogP contribution in [0.3, 0.4) is 0 Å². The van der Waals surface area contributed by atoms with Crippen LogP contribution in [0.25, 0.3) is 10.6 Å². The van der Waals surface area contributed by atoms with Crippen LogP contribution in [0, 0.1) is 0 Å². The van der Waals surface area contributed by atoms with E-state index in [4.69, 9.17) is 11.5 Å². The molecule has 0 fully saturated rings. The van der Waals surface area contributed by atoms with E-state index in [1.807, 2.05) is 24.3 Å². The number of nitrogens with two attached hydrogens (primary N) is 2. The Labute approximate surface area is 188 Å². The molecule has 4 N–H and O–H groups in total. The number of nitrogen functional groups attached to an aromatic ring is 2. The van der Waals surface area contributed by atoms with E-state index in [1.54, 1.807) is 12.1 Å². The maximum absolute atomic E-state index is 10.8. The maximum atomic E-state index is 10.8. The quantitative estimate of drug-likeness (QED) is 0.332. The number of anilines is 2. The average Bonchev–Trinajstić information content (AvgIpc) is 3.15. The predicted octanol–water partition coefficient (Wildman–Crippen LogP) is 5.62. The summed E-state index contributed by atoms with van der Waals surface area (Å²) in [5.41, 5.74) is 14.5. The Kier molecular flexibility index (Phi) is 7.87. The zero-order valence-electron chi connectivity index (χ0n) is 15.6. The number of rotatable bonds is 2. The Balaban J connectivity index is 0.000000200. The van der Waals surface area contributed by atoms with Gasteiger partial charge in [0.15, 0.2) is 11.6 Å². The van der Waals surface area contributed by atoms with Gasteiger partial charge >= 0.3 is 17.1 Å². The predicted molar refractivity (Wildman–Crippen MR) is 117 cm³/mol. The largest absolute Gasteiger partial charge is 2.00 e. The topological polar surface area (TPSA) is 114 Å². The van der Waals surface area contributed by atoms with Gasteiger partial charge in [-0.3, -0.25) is 9.59 Å². The van der Waals surface area contributed by atoms with Crippen LogP contribution < -0.4 is 11.5 Å². The molecule has 153 valence electrons. The van der Waals surface area contributed by atoms with Crippen molar-refractivity contribution in [1.82, 2.24) is 0 Å². The van der Waals surface area contributed by atoms with E-state index in [-0.39, 0.29) is 28.6 Å². The molecule has 0 saturated heterocycles. The molecular weight excluding hydrogens is 456 g/mol. The molecule has 0 saturated carbocycles. The molecule has 2 aromatic carbocycles. The number of fused-ring (bicyclic) bond motifs is 2. The number of nitrogens with zero attached hydrogens (tertiary/aromatic N) is 2. The molecule has 2 heterocycles. The zero-order valence-corrected chi connectivity index (χ0v) is 18.2. The van der Waals surface area contributed by atoms with Crippen molar-refractivity contribution in [2.75, 3.05) is 11.5 Å².